The predicted octanol–water partition coefficient (Wildman–Crippen LogP) is 1.82. The van der Waals surface area contributed by atoms with E-state index in [0.29, 0.717) is 16.9 Å². The van der Waals surface area contributed by atoms with E-state index in [4.69, 9.17) is 22.5 Å². The smallest absolute Gasteiger partial charge is 0.255 e. The van der Waals surface area contributed by atoms with Gasteiger partial charge in [-0.15, -0.1) is 0 Å². The Bertz CT molecular complexity index is 789. The number of carbonyl (C=O) groups excluding carboxylic acids is 1. The van der Waals surface area contributed by atoms with Crippen LogP contribution in [0.3, 0.4) is 0 Å². The summed E-state index contributed by atoms with van der Waals surface area (Å²) in [7, 11) is -3.75. The molecule has 0 unspecified atom stereocenters. The van der Waals surface area contributed by atoms with E-state index in [0.717, 1.165) is 0 Å². The fourth-order valence-corrected chi connectivity index (χ4v) is 2.30. The molecule has 21 heavy (non-hydrogen) atoms. The Morgan fingerprint density at radius 1 is 1.10 bits per heavy atom. The highest BCUT2D eigenvalue weighted by molar-refractivity contribution is 7.89. The second-order valence-corrected chi connectivity index (χ2v) is 6.23. The summed E-state index contributed by atoms with van der Waals surface area (Å²) >= 11 is 5.85. The minimum Gasteiger partial charge on any atom is -0.398 e. The van der Waals surface area contributed by atoms with Crippen molar-refractivity contribution in [2.45, 2.75) is 4.90 Å². The number of benzene rings is 2. The van der Waals surface area contributed by atoms with Gasteiger partial charge >= 0.3 is 0 Å². The van der Waals surface area contributed by atoms with Crippen LogP contribution < -0.4 is 16.2 Å². The fourth-order valence-electron chi connectivity index (χ4n) is 1.60. The van der Waals surface area contributed by atoms with E-state index in [1.54, 1.807) is 0 Å². The third-order valence-corrected chi connectivity index (χ3v) is 3.96. The van der Waals surface area contributed by atoms with Gasteiger partial charge in [0.25, 0.3) is 5.91 Å². The minimum atomic E-state index is -3.75. The molecule has 0 aliphatic heterocycles. The Morgan fingerprint density at radius 3 is 2.24 bits per heavy atom. The summed E-state index contributed by atoms with van der Waals surface area (Å²) < 4.78 is 22.2. The number of carbonyl (C=O) groups is 1. The molecule has 0 bridgehead atoms. The van der Waals surface area contributed by atoms with Crippen molar-refractivity contribution in [2.24, 2.45) is 5.14 Å². The first-order valence-electron chi connectivity index (χ1n) is 5.76. The SMILES string of the molecule is Nc1ccc(C(=O)Nc2ccc(S(N)(=O)=O)cc2)cc1Cl. The number of rotatable bonds is 3. The molecule has 0 aromatic heterocycles. The van der Waals surface area contributed by atoms with Crippen molar-refractivity contribution in [3.63, 3.8) is 0 Å². The van der Waals surface area contributed by atoms with E-state index >= 15 is 0 Å². The molecule has 2 rings (SSSR count). The van der Waals surface area contributed by atoms with Crippen molar-refractivity contribution < 1.29 is 13.2 Å². The Hall–Kier alpha value is -2.09. The van der Waals surface area contributed by atoms with Gasteiger partial charge in [-0.3, -0.25) is 4.79 Å². The molecule has 0 saturated carbocycles. The number of anilines is 2. The number of hydrogen-bond donors (Lipinski definition) is 3. The molecule has 0 atom stereocenters. The molecular weight excluding hydrogens is 314 g/mol. The quantitative estimate of drug-likeness (QED) is 0.746. The van der Waals surface area contributed by atoms with Crippen molar-refractivity contribution in [3.05, 3.63) is 53.1 Å². The number of nitrogen functional groups attached to an aromatic ring is 1. The highest BCUT2D eigenvalue weighted by Gasteiger charge is 2.10. The van der Waals surface area contributed by atoms with Crippen molar-refractivity contribution >= 4 is 38.9 Å². The maximum absolute atomic E-state index is 12.0. The number of nitrogens with one attached hydrogen (secondary N) is 1. The van der Waals surface area contributed by atoms with Crippen LogP contribution in [0.5, 0.6) is 0 Å². The third kappa shape index (κ3) is 3.72. The molecule has 0 aliphatic carbocycles. The standard InChI is InChI=1S/C13H12ClN3O3S/c14-11-7-8(1-6-12(11)15)13(18)17-9-2-4-10(5-3-9)21(16,19)20/h1-7H,15H2,(H,17,18)(H2,16,19,20). The zero-order valence-corrected chi connectivity index (χ0v) is 12.3. The summed E-state index contributed by atoms with van der Waals surface area (Å²) in [6.45, 7) is 0. The molecule has 0 aliphatic rings. The van der Waals surface area contributed by atoms with E-state index in [2.05, 4.69) is 5.32 Å². The Morgan fingerprint density at radius 2 is 1.71 bits per heavy atom. The molecule has 8 heteroatoms. The van der Waals surface area contributed by atoms with Gasteiger partial charge in [-0.05, 0) is 42.5 Å². The van der Waals surface area contributed by atoms with Crippen molar-refractivity contribution in [2.75, 3.05) is 11.1 Å². The van der Waals surface area contributed by atoms with Crippen LogP contribution >= 0.6 is 11.6 Å². The topological polar surface area (TPSA) is 115 Å². The Labute approximate surface area is 126 Å². The number of hydrogen-bond acceptors (Lipinski definition) is 4. The van der Waals surface area contributed by atoms with Crippen LogP contribution in [0, 0.1) is 0 Å². The van der Waals surface area contributed by atoms with Crippen LogP contribution in [0.15, 0.2) is 47.4 Å². The van der Waals surface area contributed by atoms with Gasteiger partial charge in [0.1, 0.15) is 0 Å². The van der Waals surface area contributed by atoms with Gasteiger partial charge in [0.05, 0.1) is 15.6 Å². The zero-order chi connectivity index (χ0) is 15.6. The molecule has 0 heterocycles. The lowest BCUT2D eigenvalue weighted by atomic mass is 10.2. The molecule has 2 aromatic carbocycles. The number of nitrogens with two attached hydrogens (primary N) is 2. The monoisotopic (exact) mass is 325 g/mol. The van der Waals surface area contributed by atoms with Crippen LogP contribution in [0.1, 0.15) is 10.4 Å². The second kappa shape index (κ2) is 5.72. The van der Waals surface area contributed by atoms with Gasteiger partial charge in [-0.2, -0.15) is 0 Å². The molecule has 6 nitrogen and oxygen atoms in total. The number of halogens is 1. The maximum Gasteiger partial charge on any atom is 0.255 e. The van der Waals surface area contributed by atoms with Gasteiger partial charge in [0.2, 0.25) is 10.0 Å². The van der Waals surface area contributed by atoms with Crippen LogP contribution in [0.25, 0.3) is 0 Å². The van der Waals surface area contributed by atoms with Crippen molar-refractivity contribution in [1.82, 2.24) is 0 Å². The summed E-state index contributed by atoms with van der Waals surface area (Å²) in [5, 5.41) is 7.88. The van der Waals surface area contributed by atoms with Gasteiger partial charge < -0.3 is 11.1 Å². The Balaban J connectivity index is 2.18. The molecule has 0 saturated heterocycles. The van der Waals surface area contributed by atoms with E-state index in [-0.39, 0.29) is 15.8 Å². The summed E-state index contributed by atoms with van der Waals surface area (Å²) in [5.41, 5.74) is 6.72. The lowest BCUT2D eigenvalue weighted by Crippen LogP contribution is -2.14. The first-order chi connectivity index (χ1) is 9.77. The van der Waals surface area contributed by atoms with Crippen LogP contribution in [-0.2, 0) is 10.0 Å². The average Bonchev–Trinajstić information content (AvgIpc) is 2.41. The summed E-state index contributed by atoms with van der Waals surface area (Å²) in [5.74, 6) is -0.389. The first-order valence-corrected chi connectivity index (χ1v) is 7.69. The number of sulfonamides is 1. The van der Waals surface area contributed by atoms with Gasteiger partial charge in [-0.25, -0.2) is 13.6 Å². The third-order valence-electron chi connectivity index (χ3n) is 2.70. The van der Waals surface area contributed by atoms with E-state index < -0.39 is 10.0 Å². The average molecular weight is 326 g/mol. The maximum atomic E-state index is 12.0. The summed E-state index contributed by atoms with van der Waals surface area (Å²) in [4.78, 5) is 12.0. The highest BCUT2D eigenvalue weighted by Crippen LogP contribution is 2.20. The predicted molar refractivity (Wildman–Crippen MR) is 81.6 cm³/mol. The van der Waals surface area contributed by atoms with Crippen LogP contribution in [0.4, 0.5) is 11.4 Å². The van der Waals surface area contributed by atoms with E-state index in [1.807, 2.05) is 0 Å². The molecule has 110 valence electrons. The van der Waals surface area contributed by atoms with Gasteiger partial charge in [-0.1, -0.05) is 11.6 Å². The van der Waals surface area contributed by atoms with Crippen LogP contribution in [-0.4, -0.2) is 14.3 Å². The number of amides is 1. The zero-order valence-electron chi connectivity index (χ0n) is 10.7. The molecule has 0 spiro atoms. The molecule has 1 amide bonds. The molecular formula is C13H12ClN3O3S. The van der Waals surface area contributed by atoms with E-state index in [1.165, 1.54) is 42.5 Å². The largest absolute Gasteiger partial charge is 0.398 e. The van der Waals surface area contributed by atoms with Crippen LogP contribution in [0.2, 0.25) is 5.02 Å². The fraction of sp³-hybridized carbons (Fsp3) is 0. The molecule has 0 radical (unpaired) electrons. The molecule has 0 fully saturated rings. The lowest BCUT2D eigenvalue weighted by molar-refractivity contribution is 0.102. The summed E-state index contributed by atoms with van der Waals surface area (Å²) in [6.07, 6.45) is 0. The van der Waals surface area contributed by atoms with Crippen molar-refractivity contribution in [3.8, 4) is 0 Å². The highest BCUT2D eigenvalue weighted by atomic mass is 35.5. The molecule has 2 aromatic rings. The molecule has 5 N–H and O–H groups in total. The first kappa shape index (κ1) is 15.3. The van der Waals surface area contributed by atoms with Gasteiger partial charge in [0.15, 0.2) is 0 Å². The lowest BCUT2D eigenvalue weighted by Gasteiger charge is -2.07. The number of primary sulfonamides is 1. The second-order valence-electron chi connectivity index (χ2n) is 4.26. The van der Waals surface area contributed by atoms with Crippen molar-refractivity contribution in [1.29, 1.82) is 0 Å². The normalized spacial score (nSPS) is 11.1. The minimum absolute atomic E-state index is 0.0315. The Kier molecular flexibility index (Phi) is 4.17. The van der Waals surface area contributed by atoms with Gasteiger partial charge in [0, 0.05) is 11.3 Å². The van der Waals surface area contributed by atoms with E-state index in [9.17, 15) is 13.2 Å². The summed E-state index contributed by atoms with van der Waals surface area (Å²) in [6, 6.07) is 10.0.